The van der Waals surface area contributed by atoms with E-state index in [1.54, 1.807) is 19.1 Å². The van der Waals surface area contributed by atoms with Gasteiger partial charge in [0.1, 0.15) is 22.3 Å². The number of hydrogen-bond donors (Lipinski definition) is 4. The predicted octanol–water partition coefficient (Wildman–Crippen LogP) is 9.09. The number of rotatable bonds is 17. The zero-order chi connectivity index (χ0) is 52.1. The molecule has 10 rings (SSSR count). The first kappa shape index (κ1) is 51.8. The SMILES string of the molecule is C=C1C=C(F)c2cc(Oc3cc(N4CCC5(CC4)CC(N4C[C@@H](CC6CN6)OC[C@H]4c4ccccc4C(C)C)C5)ccc3C(=O)NS(=O)(=O)c3cnc(NCC4CCC(C)(O)CC4)c(N(C)[O-])c3)c(OCC)nc21. The Bertz CT molecular complexity index is 2900. The maximum atomic E-state index is 15.2. The summed E-state index contributed by atoms with van der Waals surface area (Å²) in [4.78, 5) is 27.8. The van der Waals surface area contributed by atoms with Crippen molar-refractivity contribution < 1.29 is 36.9 Å². The first-order chi connectivity index (χ1) is 35.4. The summed E-state index contributed by atoms with van der Waals surface area (Å²) in [6, 6.07) is 17.7. The number of morpholine rings is 1. The molecular weight excluding hydrogens is 964 g/mol. The first-order valence-corrected chi connectivity index (χ1v) is 27.8. The number of piperidine rings is 1. The third-order valence-corrected chi connectivity index (χ3v) is 17.6. The largest absolute Gasteiger partial charge is 0.758 e. The molecule has 5 fully saturated rings. The quantitative estimate of drug-likeness (QED) is 0.0575. The molecule has 18 heteroatoms. The number of hydroxylamine groups is 1. The highest BCUT2D eigenvalue weighted by Crippen LogP contribution is 2.54. The van der Waals surface area contributed by atoms with Gasteiger partial charge in [-0.15, -0.1) is 0 Å². The van der Waals surface area contributed by atoms with Gasteiger partial charge in [-0.25, -0.2) is 27.5 Å². The van der Waals surface area contributed by atoms with Crippen LogP contribution in [0.5, 0.6) is 17.4 Å². The van der Waals surface area contributed by atoms with Gasteiger partial charge in [-0.1, -0.05) is 44.7 Å². The molecule has 1 amide bonds. The summed E-state index contributed by atoms with van der Waals surface area (Å²) in [6.07, 6.45) is 10.6. The average Bonchev–Trinajstić information content (AvgIpc) is 4.14. The first-order valence-electron chi connectivity index (χ1n) is 26.3. The van der Waals surface area contributed by atoms with Crippen molar-refractivity contribution in [2.45, 2.75) is 126 Å². The minimum Gasteiger partial charge on any atom is -0.758 e. The second-order valence-corrected chi connectivity index (χ2v) is 23.7. The normalized spacial score (nSPS) is 24.8. The van der Waals surface area contributed by atoms with Gasteiger partial charge in [0.05, 0.1) is 47.9 Å². The van der Waals surface area contributed by atoms with Crippen molar-refractivity contribution in [3.63, 3.8) is 0 Å². The number of amides is 1. The minimum absolute atomic E-state index is 0.000905. The number of pyridine rings is 2. The molecular formula is C56H70FN8O8S-. The molecule has 3 saturated heterocycles. The van der Waals surface area contributed by atoms with Gasteiger partial charge in [0.15, 0.2) is 5.75 Å². The minimum atomic E-state index is -4.61. The van der Waals surface area contributed by atoms with Crippen molar-refractivity contribution >= 4 is 44.5 Å². The lowest BCUT2D eigenvalue weighted by atomic mass is 9.59. The summed E-state index contributed by atoms with van der Waals surface area (Å²) in [5.41, 5.74) is 3.68. The van der Waals surface area contributed by atoms with Gasteiger partial charge in [-0.3, -0.25) is 9.69 Å². The van der Waals surface area contributed by atoms with Crippen molar-refractivity contribution in [1.29, 1.82) is 0 Å². The van der Waals surface area contributed by atoms with E-state index >= 15 is 4.39 Å². The number of fused-ring (bicyclic) bond motifs is 1. The fourth-order valence-electron chi connectivity index (χ4n) is 11.8. The second-order valence-electron chi connectivity index (χ2n) is 22.1. The highest BCUT2D eigenvalue weighted by atomic mass is 32.2. The highest BCUT2D eigenvalue weighted by Gasteiger charge is 2.51. The van der Waals surface area contributed by atoms with Crippen LogP contribution in [0.4, 0.5) is 21.6 Å². The fourth-order valence-corrected chi connectivity index (χ4v) is 12.8. The van der Waals surface area contributed by atoms with Crippen molar-refractivity contribution in [2.24, 2.45) is 11.3 Å². The number of aromatic nitrogens is 2. The Labute approximate surface area is 434 Å². The Balaban J connectivity index is 0.878. The summed E-state index contributed by atoms with van der Waals surface area (Å²) < 4.78 is 64.4. The average molecular weight is 1030 g/mol. The van der Waals surface area contributed by atoms with Crippen LogP contribution in [0.2, 0.25) is 0 Å². The van der Waals surface area contributed by atoms with Crippen LogP contribution in [-0.4, -0.2) is 111 Å². The summed E-state index contributed by atoms with van der Waals surface area (Å²) >= 11 is 0. The Hall–Kier alpha value is -5.63. The molecule has 4 N–H and O–H groups in total. The van der Waals surface area contributed by atoms with E-state index in [1.165, 1.54) is 42.4 Å². The molecule has 5 heterocycles. The lowest BCUT2D eigenvalue weighted by molar-refractivity contribution is -0.123. The molecule has 0 radical (unpaired) electrons. The van der Waals surface area contributed by atoms with Crippen LogP contribution in [0, 0.1) is 16.5 Å². The smallest absolute Gasteiger partial charge is 0.268 e. The molecule has 74 heavy (non-hydrogen) atoms. The third kappa shape index (κ3) is 11.0. The molecule has 4 aromatic rings. The molecule has 0 bridgehead atoms. The highest BCUT2D eigenvalue weighted by molar-refractivity contribution is 7.90. The molecule has 3 atom stereocenters. The van der Waals surface area contributed by atoms with Crippen LogP contribution in [0.15, 0.2) is 78.3 Å². The number of aliphatic hydroxyl groups is 1. The van der Waals surface area contributed by atoms with Crippen molar-refractivity contribution in [2.75, 3.05) is 68.3 Å². The van der Waals surface area contributed by atoms with E-state index in [1.807, 2.05) is 6.92 Å². The lowest BCUT2D eigenvalue weighted by Crippen LogP contribution is -2.59. The number of halogens is 1. The fraction of sp³-hybridized carbons (Fsp3) is 0.518. The number of benzene rings is 2. The summed E-state index contributed by atoms with van der Waals surface area (Å²) in [5.74, 6) is -0.640. The Morgan fingerprint density at radius 2 is 1.84 bits per heavy atom. The Morgan fingerprint density at radius 1 is 1.09 bits per heavy atom. The summed E-state index contributed by atoms with van der Waals surface area (Å²) in [6.45, 7) is 16.9. The number of nitrogens with zero attached hydrogens (tertiary/aromatic N) is 5. The van der Waals surface area contributed by atoms with Gasteiger partial charge in [-0.2, -0.15) is 0 Å². The molecule has 3 aliphatic carbocycles. The van der Waals surface area contributed by atoms with E-state index in [0.717, 1.165) is 83.0 Å². The van der Waals surface area contributed by atoms with Gasteiger partial charge in [-0.05, 0) is 143 Å². The monoisotopic (exact) mass is 1030 g/mol. The molecule has 1 spiro atoms. The maximum Gasteiger partial charge on any atom is 0.268 e. The van der Waals surface area contributed by atoms with Crippen molar-refractivity contribution in [3.05, 3.63) is 107 Å². The van der Waals surface area contributed by atoms with E-state index in [0.29, 0.717) is 60.3 Å². The standard InChI is InChI=1S/C56H70FN8O8S/c1-7-71-54-50(26-45-46(57)22-35(4)51(45)61-54)73-49-24-38(12-13-44(49)53(66)62-74(69,70)41-25-47(63(6)68)52(60-31-41)59-29-36-14-16-55(5,67)17-15-36)64-20-18-56(19-21-64)27-39(28-56)65-32-40(23-37-30-58-37)72-33-48(65)43-11-9-8-10-42(43)34(2)3/h8-13,22,24-26,31,34,36-37,39-40,48,58,67H,4,7,14-21,23,27-30,32-33H2,1-3,5-6H3,(H,59,60)(H,62,66)/q-1/t36?,37?,40-,48+,55?/m1/s1. The maximum absolute atomic E-state index is 15.2. The molecule has 1 unspecified atom stereocenters. The molecule has 16 nitrogen and oxygen atoms in total. The van der Waals surface area contributed by atoms with Crippen LogP contribution in [0.1, 0.15) is 130 Å². The van der Waals surface area contributed by atoms with Gasteiger partial charge in [0.25, 0.3) is 21.8 Å². The van der Waals surface area contributed by atoms with Gasteiger partial charge >= 0.3 is 0 Å². The third-order valence-electron chi connectivity index (χ3n) is 16.3. The van der Waals surface area contributed by atoms with Gasteiger partial charge in [0.2, 0.25) is 0 Å². The zero-order valence-corrected chi connectivity index (χ0v) is 44.0. The van der Waals surface area contributed by atoms with Gasteiger partial charge in [0, 0.05) is 68.3 Å². The number of carbonyl (C=O) groups excluding carboxylic acids is 1. The number of nitrogens with one attached hydrogen (secondary N) is 3. The number of carbonyl (C=O) groups is 1. The Morgan fingerprint density at radius 3 is 2.54 bits per heavy atom. The van der Waals surface area contributed by atoms with E-state index < -0.39 is 32.3 Å². The number of allylic oxidation sites excluding steroid dienone is 2. The van der Waals surface area contributed by atoms with Crippen molar-refractivity contribution in [1.82, 2.24) is 24.9 Å². The van der Waals surface area contributed by atoms with Crippen LogP contribution in [0.25, 0.3) is 11.4 Å². The second kappa shape index (κ2) is 20.8. The van der Waals surface area contributed by atoms with E-state index in [-0.39, 0.29) is 70.1 Å². The van der Waals surface area contributed by atoms with Gasteiger partial charge < -0.3 is 45.1 Å². The van der Waals surface area contributed by atoms with E-state index in [2.05, 4.69) is 79.8 Å². The van der Waals surface area contributed by atoms with Crippen LogP contribution in [0.3, 0.4) is 0 Å². The predicted molar refractivity (Wildman–Crippen MR) is 285 cm³/mol. The molecule has 6 aliphatic rings. The molecule has 2 saturated carbocycles. The van der Waals surface area contributed by atoms with Crippen LogP contribution >= 0.6 is 0 Å². The lowest BCUT2D eigenvalue weighted by Gasteiger charge is -2.58. The van der Waals surface area contributed by atoms with Crippen LogP contribution in [-0.2, 0) is 14.8 Å². The zero-order valence-electron chi connectivity index (χ0n) is 43.2. The number of hydrogen-bond acceptors (Lipinski definition) is 15. The van der Waals surface area contributed by atoms with E-state index in [9.17, 15) is 23.5 Å². The van der Waals surface area contributed by atoms with Crippen LogP contribution < -0.4 is 34.8 Å². The molecule has 2 aromatic heterocycles. The molecule has 2 aromatic carbocycles. The van der Waals surface area contributed by atoms with Crippen molar-refractivity contribution in [3.8, 4) is 17.4 Å². The summed E-state index contributed by atoms with van der Waals surface area (Å²) in [5, 5.41) is 30.4. The molecule has 3 aliphatic heterocycles. The van der Waals surface area contributed by atoms with E-state index in [4.69, 9.17) is 14.2 Å². The molecule has 396 valence electrons. The number of sulfonamides is 1. The Kier molecular flexibility index (Phi) is 14.6. The summed E-state index contributed by atoms with van der Waals surface area (Å²) in [7, 11) is -3.37. The number of anilines is 3. The number of ether oxygens (including phenoxy) is 3. The topological polar surface area (TPSA) is 204 Å².